The van der Waals surface area contributed by atoms with Gasteiger partial charge in [-0.1, -0.05) is 54.6 Å². The van der Waals surface area contributed by atoms with Crippen molar-refractivity contribution in [3.63, 3.8) is 0 Å². The summed E-state index contributed by atoms with van der Waals surface area (Å²) < 4.78 is 0. The Labute approximate surface area is 150 Å². The fourth-order valence-electron chi connectivity index (χ4n) is 3.12. The summed E-state index contributed by atoms with van der Waals surface area (Å²) in [5.41, 5.74) is 13.6. The van der Waals surface area contributed by atoms with Gasteiger partial charge in [-0.2, -0.15) is 5.53 Å². The number of nitrogens with one attached hydrogen (secondary N) is 3. The Kier molecular flexibility index (Phi) is 4.45. The van der Waals surface area contributed by atoms with E-state index >= 15 is 0 Å². The van der Waals surface area contributed by atoms with Crippen molar-refractivity contribution in [1.29, 1.82) is 0 Å². The number of hydrogen-bond donors (Lipinski definition) is 4. The number of aliphatic carboxylic acids is 1. The highest BCUT2D eigenvalue weighted by atomic mass is 16.4. The van der Waals surface area contributed by atoms with Gasteiger partial charge in [0, 0.05) is 12.4 Å². The molecule has 2 aromatic carbocycles. The molecule has 2 atom stereocenters. The molecule has 130 valence electrons. The van der Waals surface area contributed by atoms with E-state index in [1.165, 1.54) is 0 Å². The Morgan fingerprint density at radius 3 is 2.04 bits per heavy atom. The highest BCUT2D eigenvalue weighted by Gasteiger charge is 2.33. The first-order valence-corrected chi connectivity index (χ1v) is 8.32. The summed E-state index contributed by atoms with van der Waals surface area (Å²) in [6.07, 6.45) is 3.61. The Balaban J connectivity index is 1.55. The quantitative estimate of drug-likeness (QED) is 0.581. The van der Waals surface area contributed by atoms with Gasteiger partial charge in [0.15, 0.2) is 0 Å². The first kappa shape index (κ1) is 16.4. The fourth-order valence-corrected chi connectivity index (χ4v) is 3.12. The van der Waals surface area contributed by atoms with E-state index in [0.29, 0.717) is 0 Å². The molecule has 1 fully saturated rings. The molecule has 4 N–H and O–H groups in total. The monoisotopic (exact) mass is 346 g/mol. The van der Waals surface area contributed by atoms with Crippen molar-refractivity contribution in [3.05, 3.63) is 78.6 Å². The third-order valence-corrected chi connectivity index (χ3v) is 4.54. The lowest BCUT2D eigenvalue weighted by Gasteiger charge is -2.15. The molecule has 4 rings (SSSR count). The maximum absolute atomic E-state index is 11.3. The Morgan fingerprint density at radius 2 is 1.46 bits per heavy atom. The van der Waals surface area contributed by atoms with Gasteiger partial charge in [0.05, 0.1) is 6.04 Å². The zero-order valence-electron chi connectivity index (χ0n) is 13.9. The van der Waals surface area contributed by atoms with Crippen LogP contribution in [-0.4, -0.2) is 22.1 Å². The topological polar surface area (TPSA) is 86.3 Å². The van der Waals surface area contributed by atoms with Crippen LogP contribution in [0.15, 0.2) is 73.1 Å². The second-order valence-electron chi connectivity index (χ2n) is 6.15. The van der Waals surface area contributed by atoms with Crippen LogP contribution in [0.2, 0.25) is 0 Å². The van der Waals surface area contributed by atoms with Crippen LogP contribution >= 0.6 is 0 Å². The normalized spacial score (nSPS) is 19.4. The fraction of sp³-hybridized carbons (Fsp3) is 0.100. The van der Waals surface area contributed by atoms with E-state index in [9.17, 15) is 9.90 Å². The third-order valence-electron chi connectivity index (χ3n) is 4.54. The molecule has 6 heteroatoms. The molecule has 0 amide bonds. The molecule has 26 heavy (non-hydrogen) atoms. The molecule has 2 unspecified atom stereocenters. The Morgan fingerprint density at radius 1 is 0.846 bits per heavy atom. The largest absolute Gasteiger partial charge is 0.480 e. The van der Waals surface area contributed by atoms with E-state index in [1.807, 2.05) is 42.6 Å². The van der Waals surface area contributed by atoms with Gasteiger partial charge in [0.1, 0.15) is 6.04 Å². The van der Waals surface area contributed by atoms with Gasteiger partial charge in [-0.25, -0.2) is 10.9 Å². The minimum absolute atomic E-state index is 0.325. The van der Waals surface area contributed by atoms with Gasteiger partial charge in [-0.15, -0.1) is 0 Å². The third kappa shape index (κ3) is 3.21. The second-order valence-corrected chi connectivity index (χ2v) is 6.15. The van der Waals surface area contributed by atoms with E-state index in [-0.39, 0.29) is 6.04 Å². The molecule has 1 saturated heterocycles. The minimum atomic E-state index is -0.900. The number of carboxylic acids is 1. The molecule has 1 aliphatic heterocycles. The van der Waals surface area contributed by atoms with Gasteiger partial charge in [0.2, 0.25) is 0 Å². The van der Waals surface area contributed by atoms with E-state index in [0.717, 1.165) is 27.8 Å². The summed E-state index contributed by atoms with van der Waals surface area (Å²) in [6, 6.07) is 19.1. The molecule has 0 bridgehead atoms. The van der Waals surface area contributed by atoms with E-state index in [2.05, 4.69) is 45.6 Å². The lowest BCUT2D eigenvalue weighted by atomic mass is 9.96. The maximum atomic E-state index is 11.3. The first-order chi connectivity index (χ1) is 12.7. The van der Waals surface area contributed by atoms with Crippen LogP contribution in [-0.2, 0) is 4.79 Å². The van der Waals surface area contributed by atoms with E-state index in [4.69, 9.17) is 0 Å². The Bertz CT molecular complexity index is 895. The molecule has 1 aliphatic rings. The van der Waals surface area contributed by atoms with Crippen LogP contribution in [0.5, 0.6) is 0 Å². The number of hydrogen-bond acceptors (Lipinski definition) is 5. The predicted octanol–water partition coefficient (Wildman–Crippen LogP) is 2.52. The number of nitrogens with zero attached hydrogens (tertiary/aromatic N) is 1. The number of rotatable bonds is 4. The number of pyridine rings is 1. The van der Waals surface area contributed by atoms with Crippen LogP contribution < -0.4 is 16.4 Å². The standard InChI is InChI=1S/C20H18N4O2/c25-20(26)19-18(22-24-23-19)16-9-7-14(8-10-16)13-3-5-15(6-4-13)17-2-1-11-21-12-17/h1-12,18-19,22-24H,(H,25,26). The van der Waals surface area contributed by atoms with Crippen LogP contribution in [0.25, 0.3) is 22.3 Å². The molecule has 0 radical (unpaired) electrons. The molecule has 6 nitrogen and oxygen atoms in total. The second kappa shape index (κ2) is 7.05. The number of carbonyl (C=O) groups is 1. The van der Waals surface area contributed by atoms with Crippen molar-refractivity contribution >= 4 is 5.97 Å². The molecule has 0 saturated carbocycles. The van der Waals surface area contributed by atoms with Gasteiger partial charge in [0.25, 0.3) is 0 Å². The molecule has 0 spiro atoms. The number of benzene rings is 2. The molecule has 2 heterocycles. The molecule has 0 aliphatic carbocycles. The number of aromatic nitrogens is 1. The van der Waals surface area contributed by atoms with Crippen LogP contribution in [0.1, 0.15) is 11.6 Å². The van der Waals surface area contributed by atoms with Crippen molar-refractivity contribution in [2.24, 2.45) is 0 Å². The van der Waals surface area contributed by atoms with Gasteiger partial charge in [-0.3, -0.25) is 9.78 Å². The summed E-state index contributed by atoms with van der Waals surface area (Å²) >= 11 is 0. The van der Waals surface area contributed by atoms with Crippen molar-refractivity contribution in [2.45, 2.75) is 12.1 Å². The summed E-state index contributed by atoms with van der Waals surface area (Å²) in [6.45, 7) is 0. The Hall–Kier alpha value is -3.06. The molecular formula is C20H18N4O2. The number of carboxylic acid groups (broad SMARTS) is 1. The van der Waals surface area contributed by atoms with Gasteiger partial charge < -0.3 is 5.11 Å². The lowest BCUT2D eigenvalue weighted by molar-refractivity contribution is -0.139. The summed E-state index contributed by atoms with van der Waals surface area (Å²) in [5.74, 6) is -0.900. The van der Waals surface area contributed by atoms with E-state index < -0.39 is 12.0 Å². The average molecular weight is 346 g/mol. The van der Waals surface area contributed by atoms with Gasteiger partial charge >= 0.3 is 5.97 Å². The highest BCUT2D eigenvalue weighted by molar-refractivity contribution is 5.75. The summed E-state index contributed by atoms with van der Waals surface area (Å²) in [7, 11) is 0. The molecule has 3 aromatic rings. The summed E-state index contributed by atoms with van der Waals surface area (Å²) in [5, 5.41) is 9.25. The SMILES string of the molecule is O=C(O)C1NNNC1c1ccc(-c2ccc(-c3cccnc3)cc2)cc1. The highest BCUT2D eigenvalue weighted by Crippen LogP contribution is 2.27. The lowest BCUT2D eigenvalue weighted by Crippen LogP contribution is -2.38. The average Bonchev–Trinajstić information content (AvgIpc) is 3.19. The zero-order chi connectivity index (χ0) is 17.9. The predicted molar refractivity (Wildman–Crippen MR) is 98.7 cm³/mol. The van der Waals surface area contributed by atoms with Crippen LogP contribution in [0, 0.1) is 0 Å². The van der Waals surface area contributed by atoms with Crippen LogP contribution in [0.3, 0.4) is 0 Å². The van der Waals surface area contributed by atoms with Crippen molar-refractivity contribution in [3.8, 4) is 22.3 Å². The van der Waals surface area contributed by atoms with Crippen LogP contribution in [0.4, 0.5) is 0 Å². The van der Waals surface area contributed by atoms with Gasteiger partial charge in [-0.05, 0) is 33.9 Å². The molecule has 1 aromatic heterocycles. The molecular weight excluding hydrogens is 328 g/mol. The van der Waals surface area contributed by atoms with Crippen molar-refractivity contribution in [1.82, 2.24) is 21.4 Å². The first-order valence-electron chi connectivity index (χ1n) is 8.32. The maximum Gasteiger partial charge on any atom is 0.324 e. The van der Waals surface area contributed by atoms with Crippen molar-refractivity contribution in [2.75, 3.05) is 0 Å². The zero-order valence-corrected chi connectivity index (χ0v) is 13.9. The number of hydrazine groups is 2. The van der Waals surface area contributed by atoms with Crippen molar-refractivity contribution < 1.29 is 9.90 Å². The minimum Gasteiger partial charge on any atom is -0.480 e. The smallest absolute Gasteiger partial charge is 0.324 e. The van der Waals surface area contributed by atoms with E-state index in [1.54, 1.807) is 6.20 Å². The summed E-state index contributed by atoms with van der Waals surface area (Å²) in [4.78, 5) is 15.4.